The Kier molecular flexibility index (Phi) is 11.2. The zero-order chi connectivity index (χ0) is 30.6. The van der Waals surface area contributed by atoms with E-state index in [1.54, 1.807) is 18.7 Å². The van der Waals surface area contributed by atoms with Crippen LogP contribution in [0.15, 0.2) is 0 Å². The summed E-state index contributed by atoms with van der Waals surface area (Å²) in [6.45, 7) is 19.2. The van der Waals surface area contributed by atoms with Crippen LogP contribution in [0.1, 0.15) is 101 Å². The molecule has 1 saturated carbocycles. The lowest BCUT2D eigenvalue weighted by molar-refractivity contribution is -0.144. The standard InChI is InChI=1S/C30H53N5O5/c1-17(2)20-15-22(25(37)32-21(14-19-12-11-13-19)23(36)26(38)31-18(3)4)35(16-20)27(39)24(29(5,6)7)33-28(40)34-30(8,9)10/h17-22,24H,11-16H2,1-10H3,(H,31,38)(H,32,37)(H2,33,34,40)/t20?,21?,22-,24?/m0/s1. The predicted molar refractivity (Wildman–Crippen MR) is 155 cm³/mol. The van der Waals surface area contributed by atoms with Gasteiger partial charge in [-0.3, -0.25) is 19.2 Å². The molecule has 40 heavy (non-hydrogen) atoms. The summed E-state index contributed by atoms with van der Waals surface area (Å²) in [5.74, 6) is -1.55. The van der Waals surface area contributed by atoms with Crippen molar-refractivity contribution in [2.75, 3.05) is 6.54 Å². The number of hydrogen-bond donors (Lipinski definition) is 4. The molecular weight excluding hydrogens is 510 g/mol. The van der Waals surface area contributed by atoms with Crippen molar-refractivity contribution in [1.29, 1.82) is 0 Å². The maximum absolute atomic E-state index is 14.0. The Balaban J connectivity index is 2.31. The van der Waals surface area contributed by atoms with Gasteiger partial charge in [0.15, 0.2) is 0 Å². The number of Topliss-reactive ketones (excluding diaryl/α,β-unsaturated/α-hetero) is 1. The molecule has 0 aromatic carbocycles. The molecule has 228 valence electrons. The summed E-state index contributed by atoms with van der Waals surface area (Å²) >= 11 is 0. The van der Waals surface area contributed by atoms with E-state index in [0.717, 1.165) is 19.3 Å². The number of urea groups is 1. The Morgan fingerprint density at radius 1 is 0.875 bits per heavy atom. The number of carbonyl (C=O) groups is 5. The van der Waals surface area contributed by atoms with Crippen molar-refractivity contribution < 1.29 is 24.0 Å². The van der Waals surface area contributed by atoms with Crippen LogP contribution in [0.4, 0.5) is 4.79 Å². The monoisotopic (exact) mass is 563 g/mol. The average Bonchev–Trinajstić information content (AvgIpc) is 3.21. The lowest BCUT2D eigenvalue weighted by Gasteiger charge is -2.36. The summed E-state index contributed by atoms with van der Waals surface area (Å²) in [5.41, 5.74) is -1.11. The van der Waals surface area contributed by atoms with Gasteiger partial charge in [-0.2, -0.15) is 0 Å². The van der Waals surface area contributed by atoms with Gasteiger partial charge in [-0.1, -0.05) is 53.9 Å². The van der Waals surface area contributed by atoms with Crippen molar-refractivity contribution in [2.45, 2.75) is 131 Å². The lowest BCUT2D eigenvalue weighted by atomic mass is 9.80. The second kappa shape index (κ2) is 13.3. The lowest BCUT2D eigenvalue weighted by Crippen LogP contribution is -2.61. The van der Waals surface area contributed by atoms with Gasteiger partial charge < -0.3 is 26.2 Å². The van der Waals surface area contributed by atoms with Crippen molar-refractivity contribution in [3.8, 4) is 0 Å². The molecular formula is C30H53N5O5. The number of amides is 5. The predicted octanol–water partition coefficient (Wildman–Crippen LogP) is 3.14. The summed E-state index contributed by atoms with van der Waals surface area (Å²) in [6, 6.07) is -3.28. The van der Waals surface area contributed by atoms with Crippen LogP contribution in [0.2, 0.25) is 0 Å². The second-order valence-electron chi connectivity index (χ2n) is 14.5. The number of nitrogens with one attached hydrogen (secondary N) is 4. The maximum Gasteiger partial charge on any atom is 0.315 e. The SMILES string of the molecule is CC(C)NC(=O)C(=O)C(CC1CCC1)NC(=O)[C@@H]1CC(C(C)C)CN1C(=O)C(NC(=O)NC(C)(C)C)C(C)(C)C. The Bertz CT molecular complexity index is 945. The van der Waals surface area contributed by atoms with Crippen LogP contribution in [0, 0.1) is 23.2 Å². The summed E-state index contributed by atoms with van der Waals surface area (Å²) in [4.78, 5) is 67.8. The van der Waals surface area contributed by atoms with Gasteiger partial charge in [-0.05, 0) is 70.6 Å². The van der Waals surface area contributed by atoms with Crippen LogP contribution in [0.3, 0.4) is 0 Å². The van der Waals surface area contributed by atoms with Gasteiger partial charge in [0, 0.05) is 18.1 Å². The first kappa shape index (κ1) is 33.6. The van der Waals surface area contributed by atoms with Gasteiger partial charge in [-0.15, -0.1) is 0 Å². The first-order valence-corrected chi connectivity index (χ1v) is 14.8. The highest BCUT2D eigenvalue weighted by molar-refractivity contribution is 6.38. The van der Waals surface area contributed by atoms with E-state index >= 15 is 0 Å². The molecule has 5 amide bonds. The second-order valence-corrected chi connectivity index (χ2v) is 14.5. The normalized spacial score (nSPS) is 21.4. The molecule has 1 saturated heterocycles. The highest BCUT2D eigenvalue weighted by Gasteiger charge is 2.46. The van der Waals surface area contributed by atoms with Crippen LogP contribution in [0.25, 0.3) is 0 Å². The van der Waals surface area contributed by atoms with E-state index in [1.807, 2.05) is 41.5 Å². The molecule has 4 atom stereocenters. The van der Waals surface area contributed by atoms with Crippen molar-refractivity contribution in [1.82, 2.24) is 26.2 Å². The molecule has 10 heteroatoms. The first-order chi connectivity index (χ1) is 18.3. The summed E-state index contributed by atoms with van der Waals surface area (Å²) in [7, 11) is 0. The molecule has 1 aliphatic carbocycles. The summed E-state index contributed by atoms with van der Waals surface area (Å²) in [5, 5.41) is 11.2. The van der Waals surface area contributed by atoms with Crippen LogP contribution in [-0.2, 0) is 19.2 Å². The van der Waals surface area contributed by atoms with Crippen molar-refractivity contribution in [3.05, 3.63) is 0 Å². The molecule has 2 aliphatic rings. The molecule has 4 N–H and O–H groups in total. The average molecular weight is 564 g/mol. The Morgan fingerprint density at radius 3 is 1.93 bits per heavy atom. The van der Waals surface area contributed by atoms with Crippen LogP contribution in [0.5, 0.6) is 0 Å². The number of carbonyl (C=O) groups excluding carboxylic acids is 5. The van der Waals surface area contributed by atoms with Crippen molar-refractivity contribution >= 4 is 29.5 Å². The number of hydrogen-bond acceptors (Lipinski definition) is 5. The van der Waals surface area contributed by atoms with Gasteiger partial charge in [0.1, 0.15) is 12.1 Å². The van der Waals surface area contributed by atoms with Crippen LogP contribution in [-0.4, -0.2) is 70.7 Å². The van der Waals surface area contributed by atoms with Gasteiger partial charge in [0.05, 0.1) is 6.04 Å². The molecule has 0 aromatic rings. The van der Waals surface area contributed by atoms with Gasteiger partial charge >= 0.3 is 6.03 Å². The Morgan fingerprint density at radius 2 is 1.48 bits per heavy atom. The zero-order valence-corrected chi connectivity index (χ0v) is 26.3. The van der Waals surface area contributed by atoms with Crippen molar-refractivity contribution in [2.24, 2.45) is 23.2 Å². The third kappa shape index (κ3) is 9.47. The Labute approximate surface area is 240 Å². The van der Waals surface area contributed by atoms with Gasteiger partial charge in [0.25, 0.3) is 5.91 Å². The van der Waals surface area contributed by atoms with E-state index in [1.165, 1.54) is 0 Å². The van der Waals surface area contributed by atoms with Gasteiger partial charge in [0.2, 0.25) is 17.6 Å². The topological polar surface area (TPSA) is 137 Å². The smallest absolute Gasteiger partial charge is 0.315 e. The first-order valence-electron chi connectivity index (χ1n) is 14.8. The molecule has 0 spiro atoms. The van der Waals surface area contributed by atoms with Crippen LogP contribution < -0.4 is 21.3 Å². The van der Waals surface area contributed by atoms with Crippen LogP contribution >= 0.6 is 0 Å². The highest BCUT2D eigenvalue weighted by Crippen LogP contribution is 2.33. The molecule has 0 bridgehead atoms. The quantitative estimate of drug-likeness (QED) is 0.303. The highest BCUT2D eigenvalue weighted by atomic mass is 16.2. The minimum absolute atomic E-state index is 0.0775. The molecule has 1 aliphatic heterocycles. The Hall–Kier alpha value is -2.65. The fraction of sp³-hybridized carbons (Fsp3) is 0.833. The minimum Gasteiger partial charge on any atom is -0.347 e. The molecule has 2 rings (SSSR count). The molecule has 10 nitrogen and oxygen atoms in total. The van der Waals surface area contributed by atoms with Gasteiger partial charge in [-0.25, -0.2) is 4.79 Å². The summed E-state index contributed by atoms with van der Waals surface area (Å²) in [6.07, 6.45) is 3.85. The maximum atomic E-state index is 14.0. The third-order valence-electron chi connectivity index (χ3n) is 7.81. The van der Waals surface area contributed by atoms with E-state index in [9.17, 15) is 24.0 Å². The van der Waals surface area contributed by atoms with E-state index < -0.39 is 52.7 Å². The number of likely N-dealkylation sites (tertiary alicyclic amines) is 1. The van der Waals surface area contributed by atoms with E-state index in [2.05, 4.69) is 35.1 Å². The third-order valence-corrected chi connectivity index (χ3v) is 7.81. The van der Waals surface area contributed by atoms with Crippen molar-refractivity contribution in [3.63, 3.8) is 0 Å². The number of rotatable bonds is 10. The minimum atomic E-state index is -0.944. The zero-order valence-electron chi connectivity index (χ0n) is 26.3. The fourth-order valence-electron chi connectivity index (χ4n) is 5.22. The largest absolute Gasteiger partial charge is 0.347 e. The number of ketones is 1. The fourth-order valence-corrected chi connectivity index (χ4v) is 5.22. The summed E-state index contributed by atoms with van der Waals surface area (Å²) < 4.78 is 0. The molecule has 2 fully saturated rings. The number of nitrogens with zero attached hydrogens (tertiary/aromatic N) is 1. The molecule has 0 aromatic heterocycles. The van der Waals surface area contributed by atoms with E-state index in [0.29, 0.717) is 19.4 Å². The van der Waals surface area contributed by atoms with E-state index in [4.69, 9.17) is 0 Å². The molecule has 3 unspecified atom stereocenters. The molecule has 1 heterocycles. The molecule has 0 radical (unpaired) electrons. The van der Waals surface area contributed by atoms with E-state index in [-0.39, 0.29) is 29.7 Å².